The van der Waals surface area contributed by atoms with Crippen LogP contribution < -0.4 is 20.9 Å². The first kappa shape index (κ1) is 15.3. The highest BCUT2D eigenvalue weighted by Crippen LogP contribution is 2.28. The van der Waals surface area contributed by atoms with Gasteiger partial charge in [0, 0.05) is 30.6 Å². The second kappa shape index (κ2) is 7.60. The smallest absolute Gasteiger partial charge is 0.303 e. The lowest BCUT2D eigenvalue weighted by Crippen LogP contribution is -2.21. The maximum absolute atomic E-state index is 10.4. The van der Waals surface area contributed by atoms with Gasteiger partial charge >= 0.3 is 5.97 Å². The van der Waals surface area contributed by atoms with Crippen molar-refractivity contribution in [1.29, 1.82) is 0 Å². The fourth-order valence-corrected chi connectivity index (χ4v) is 1.63. The first-order chi connectivity index (χ1) is 9.08. The SMILES string of the molecule is COc1cc(OCCCC(=O)O)ccc1C(N)CN. The van der Waals surface area contributed by atoms with Gasteiger partial charge in [0.15, 0.2) is 0 Å². The summed E-state index contributed by atoms with van der Waals surface area (Å²) in [7, 11) is 1.55. The van der Waals surface area contributed by atoms with Gasteiger partial charge in [0.2, 0.25) is 0 Å². The molecule has 1 aromatic carbocycles. The monoisotopic (exact) mass is 268 g/mol. The lowest BCUT2D eigenvalue weighted by Gasteiger charge is -2.15. The molecule has 19 heavy (non-hydrogen) atoms. The summed E-state index contributed by atoms with van der Waals surface area (Å²) >= 11 is 0. The van der Waals surface area contributed by atoms with Crippen molar-refractivity contribution in [2.45, 2.75) is 18.9 Å². The fourth-order valence-electron chi connectivity index (χ4n) is 1.63. The van der Waals surface area contributed by atoms with Crippen LogP contribution in [-0.4, -0.2) is 31.3 Å². The summed E-state index contributed by atoms with van der Waals surface area (Å²) in [6, 6.07) is 5.03. The van der Waals surface area contributed by atoms with E-state index in [1.807, 2.05) is 6.07 Å². The minimum atomic E-state index is -0.828. The molecule has 0 radical (unpaired) electrons. The second-order valence-corrected chi connectivity index (χ2v) is 4.09. The van der Waals surface area contributed by atoms with E-state index in [0.717, 1.165) is 5.56 Å². The van der Waals surface area contributed by atoms with Gasteiger partial charge < -0.3 is 26.0 Å². The highest BCUT2D eigenvalue weighted by molar-refractivity contribution is 5.66. The van der Waals surface area contributed by atoms with Gasteiger partial charge in [0.05, 0.1) is 13.7 Å². The third kappa shape index (κ3) is 4.76. The molecule has 6 heteroatoms. The second-order valence-electron chi connectivity index (χ2n) is 4.09. The number of carboxylic acid groups (broad SMARTS) is 1. The Morgan fingerprint density at radius 3 is 2.79 bits per heavy atom. The quantitative estimate of drug-likeness (QED) is 0.604. The Morgan fingerprint density at radius 2 is 2.21 bits per heavy atom. The van der Waals surface area contributed by atoms with E-state index in [4.69, 9.17) is 26.0 Å². The Kier molecular flexibility index (Phi) is 6.11. The molecule has 1 rings (SSSR count). The van der Waals surface area contributed by atoms with E-state index < -0.39 is 5.97 Å². The average Bonchev–Trinajstić information content (AvgIpc) is 2.42. The van der Waals surface area contributed by atoms with E-state index in [0.29, 0.717) is 31.1 Å². The van der Waals surface area contributed by atoms with E-state index in [-0.39, 0.29) is 12.5 Å². The van der Waals surface area contributed by atoms with Crippen molar-refractivity contribution in [3.8, 4) is 11.5 Å². The number of ether oxygens (including phenoxy) is 2. The van der Waals surface area contributed by atoms with Crippen molar-refractivity contribution in [3.63, 3.8) is 0 Å². The average molecular weight is 268 g/mol. The molecule has 0 fully saturated rings. The zero-order valence-electron chi connectivity index (χ0n) is 11.0. The summed E-state index contributed by atoms with van der Waals surface area (Å²) in [5, 5.41) is 8.52. The van der Waals surface area contributed by atoms with E-state index >= 15 is 0 Å². The first-order valence-corrected chi connectivity index (χ1v) is 6.06. The van der Waals surface area contributed by atoms with E-state index in [1.165, 1.54) is 0 Å². The van der Waals surface area contributed by atoms with Crippen LogP contribution in [-0.2, 0) is 4.79 Å². The normalized spacial score (nSPS) is 11.9. The topological polar surface area (TPSA) is 108 Å². The fraction of sp³-hybridized carbons (Fsp3) is 0.462. The third-order valence-electron chi connectivity index (χ3n) is 2.66. The lowest BCUT2D eigenvalue weighted by atomic mass is 10.1. The standard InChI is InChI=1S/C13H20N2O4/c1-18-12-7-9(19-6-2-3-13(16)17)4-5-10(12)11(15)8-14/h4-5,7,11H,2-3,6,8,14-15H2,1H3,(H,16,17). The molecule has 0 saturated carbocycles. The number of methoxy groups -OCH3 is 1. The highest BCUT2D eigenvalue weighted by atomic mass is 16.5. The molecule has 6 nitrogen and oxygen atoms in total. The van der Waals surface area contributed by atoms with Crippen molar-refractivity contribution in [1.82, 2.24) is 0 Å². The minimum absolute atomic E-state index is 0.0905. The third-order valence-corrected chi connectivity index (χ3v) is 2.66. The molecule has 0 heterocycles. The van der Waals surface area contributed by atoms with Gasteiger partial charge in [0.25, 0.3) is 0 Å². The predicted molar refractivity (Wildman–Crippen MR) is 71.3 cm³/mol. The molecule has 0 aromatic heterocycles. The molecule has 5 N–H and O–H groups in total. The molecular weight excluding hydrogens is 248 g/mol. The van der Waals surface area contributed by atoms with Crippen molar-refractivity contribution in [2.75, 3.05) is 20.3 Å². The number of aliphatic carboxylic acids is 1. The van der Waals surface area contributed by atoms with Gasteiger partial charge in [-0.05, 0) is 12.5 Å². The Hall–Kier alpha value is -1.79. The van der Waals surface area contributed by atoms with Crippen molar-refractivity contribution < 1.29 is 19.4 Å². The molecule has 1 unspecified atom stereocenters. The molecule has 0 aliphatic rings. The van der Waals surface area contributed by atoms with Gasteiger partial charge in [-0.15, -0.1) is 0 Å². The number of benzene rings is 1. The van der Waals surface area contributed by atoms with Crippen LogP contribution in [0.5, 0.6) is 11.5 Å². The predicted octanol–water partition coefficient (Wildman–Crippen LogP) is 0.897. The first-order valence-electron chi connectivity index (χ1n) is 6.06. The molecule has 1 aromatic rings. The van der Waals surface area contributed by atoms with Crippen LogP contribution in [0.3, 0.4) is 0 Å². The zero-order valence-corrected chi connectivity index (χ0v) is 11.0. The molecule has 0 aliphatic carbocycles. The summed E-state index contributed by atoms with van der Waals surface area (Å²) in [6.07, 6.45) is 0.551. The van der Waals surface area contributed by atoms with Crippen molar-refractivity contribution in [3.05, 3.63) is 23.8 Å². The van der Waals surface area contributed by atoms with Crippen molar-refractivity contribution in [2.24, 2.45) is 11.5 Å². The van der Waals surface area contributed by atoms with Crippen LogP contribution in [0.1, 0.15) is 24.4 Å². The maximum atomic E-state index is 10.4. The maximum Gasteiger partial charge on any atom is 0.303 e. The summed E-state index contributed by atoms with van der Waals surface area (Å²) in [5.74, 6) is 0.411. The molecule has 0 aliphatic heterocycles. The Bertz CT molecular complexity index is 423. The lowest BCUT2D eigenvalue weighted by molar-refractivity contribution is -0.137. The Balaban J connectivity index is 2.63. The number of carboxylic acids is 1. The molecule has 0 spiro atoms. The number of nitrogens with two attached hydrogens (primary N) is 2. The van der Waals surface area contributed by atoms with E-state index in [9.17, 15) is 4.79 Å². The molecule has 0 saturated heterocycles. The van der Waals surface area contributed by atoms with Crippen LogP contribution in [0.4, 0.5) is 0 Å². The summed E-state index contributed by atoms with van der Waals surface area (Å²) < 4.78 is 10.7. The van der Waals surface area contributed by atoms with Gasteiger partial charge in [-0.2, -0.15) is 0 Å². The van der Waals surface area contributed by atoms with Crippen molar-refractivity contribution >= 4 is 5.97 Å². The number of carbonyl (C=O) groups is 1. The molecule has 0 amide bonds. The summed E-state index contributed by atoms with van der Waals surface area (Å²) in [5.41, 5.74) is 12.2. The van der Waals surface area contributed by atoms with Gasteiger partial charge in [0.1, 0.15) is 11.5 Å². The Labute approximate surface area is 112 Å². The number of rotatable bonds is 8. The number of hydrogen-bond acceptors (Lipinski definition) is 5. The molecule has 0 bridgehead atoms. The van der Waals surface area contributed by atoms with Crippen LogP contribution in [0.15, 0.2) is 18.2 Å². The minimum Gasteiger partial charge on any atom is -0.496 e. The van der Waals surface area contributed by atoms with E-state index in [2.05, 4.69) is 0 Å². The summed E-state index contributed by atoms with van der Waals surface area (Å²) in [4.78, 5) is 10.4. The van der Waals surface area contributed by atoms with Gasteiger partial charge in [-0.25, -0.2) is 0 Å². The van der Waals surface area contributed by atoms with E-state index in [1.54, 1.807) is 19.2 Å². The molecule has 1 atom stereocenters. The van der Waals surface area contributed by atoms with Crippen LogP contribution in [0, 0.1) is 0 Å². The van der Waals surface area contributed by atoms with Crippen LogP contribution in [0.2, 0.25) is 0 Å². The Morgan fingerprint density at radius 1 is 1.47 bits per heavy atom. The van der Waals surface area contributed by atoms with Gasteiger partial charge in [-0.1, -0.05) is 6.07 Å². The highest BCUT2D eigenvalue weighted by Gasteiger charge is 2.11. The molecular formula is C13H20N2O4. The van der Waals surface area contributed by atoms with Gasteiger partial charge in [-0.3, -0.25) is 4.79 Å². The summed E-state index contributed by atoms with van der Waals surface area (Å²) in [6.45, 7) is 0.674. The largest absolute Gasteiger partial charge is 0.496 e. The number of hydrogen-bond donors (Lipinski definition) is 3. The van der Waals surface area contributed by atoms with Crippen LogP contribution >= 0.6 is 0 Å². The van der Waals surface area contributed by atoms with Crippen LogP contribution in [0.25, 0.3) is 0 Å². The molecule has 106 valence electrons. The zero-order chi connectivity index (χ0) is 14.3.